The van der Waals surface area contributed by atoms with Crippen molar-refractivity contribution in [1.29, 1.82) is 0 Å². The Labute approximate surface area is 113 Å². The van der Waals surface area contributed by atoms with Crippen molar-refractivity contribution in [2.45, 2.75) is 6.92 Å². The number of nitrogens with one attached hydrogen (secondary N) is 1. The lowest BCUT2D eigenvalue weighted by atomic mass is 10.2. The molecule has 2 rings (SSSR count). The number of nitrogens with zero attached hydrogens (tertiary/aromatic N) is 2. The van der Waals surface area contributed by atoms with Crippen LogP contribution in [0.2, 0.25) is 4.34 Å². The normalized spacial score (nSPS) is 11.3. The molecule has 0 aliphatic carbocycles. The van der Waals surface area contributed by atoms with Crippen LogP contribution in [-0.4, -0.2) is 16.6 Å². The van der Waals surface area contributed by atoms with Gasteiger partial charge in [-0.1, -0.05) is 11.6 Å². The second kappa shape index (κ2) is 5.75. The largest absolute Gasteiger partial charge is 0.281 e. The minimum Gasteiger partial charge on any atom is -0.266 e. The van der Waals surface area contributed by atoms with Gasteiger partial charge in [0.15, 0.2) is 0 Å². The summed E-state index contributed by atoms with van der Waals surface area (Å²) in [7, 11) is 0. The molecule has 2 aromatic rings. The van der Waals surface area contributed by atoms with Gasteiger partial charge < -0.3 is 0 Å². The Morgan fingerprint density at radius 2 is 2.06 bits per heavy atom. The molecule has 18 heavy (non-hydrogen) atoms. The molecular weight excluding hydrogens is 270 g/mol. The molecule has 4 nitrogen and oxygen atoms in total. The summed E-state index contributed by atoms with van der Waals surface area (Å²) in [5, 5.41) is 4.03. The van der Waals surface area contributed by atoms with Gasteiger partial charge in [-0.25, -0.2) is 5.43 Å². The minimum atomic E-state index is -0.264. The van der Waals surface area contributed by atoms with Crippen molar-refractivity contribution in [2.75, 3.05) is 0 Å². The summed E-state index contributed by atoms with van der Waals surface area (Å²) in [6, 6.07) is 7.00. The maximum absolute atomic E-state index is 11.7. The van der Waals surface area contributed by atoms with Gasteiger partial charge in [-0.05, 0) is 31.2 Å². The fraction of sp³-hybridized carbons (Fsp3) is 0.0833. The third-order valence-corrected chi connectivity index (χ3v) is 3.45. The first-order chi connectivity index (χ1) is 8.66. The molecule has 92 valence electrons. The zero-order valence-corrected chi connectivity index (χ0v) is 11.1. The highest BCUT2D eigenvalue weighted by Crippen LogP contribution is 2.21. The van der Waals surface area contributed by atoms with E-state index in [-0.39, 0.29) is 5.91 Å². The molecule has 0 unspecified atom stereocenters. The Hall–Kier alpha value is -1.72. The molecule has 2 heterocycles. The summed E-state index contributed by atoms with van der Waals surface area (Å²) in [5.41, 5.74) is 4.12. The molecular formula is C12H10ClN3OS. The van der Waals surface area contributed by atoms with E-state index < -0.39 is 0 Å². The predicted octanol–water partition coefficient (Wildman–Crippen LogP) is 2.95. The van der Waals surface area contributed by atoms with Gasteiger partial charge in [0.05, 0.1) is 14.9 Å². The Bertz CT molecular complexity index is 580. The number of aromatic nitrogens is 1. The monoisotopic (exact) mass is 279 g/mol. The Morgan fingerprint density at radius 3 is 2.67 bits per heavy atom. The average Bonchev–Trinajstić information content (AvgIpc) is 2.83. The number of carbonyl (C=O) groups excluding carboxylic acids is 1. The fourth-order valence-electron chi connectivity index (χ4n) is 1.28. The van der Waals surface area contributed by atoms with Crippen LogP contribution in [0.5, 0.6) is 0 Å². The first kappa shape index (κ1) is 12.7. The Morgan fingerprint density at radius 1 is 1.33 bits per heavy atom. The van der Waals surface area contributed by atoms with E-state index in [1.165, 1.54) is 11.3 Å². The van der Waals surface area contributed by atoms with Crippen molar-refractivity contribution in [3.8, 4) is 0 Å². The van der Waals surface area contributed by atoms with Gasteiger partial charge in [-0.2, -0.15) is 5.10 Å². The molecule has 1 amide bonds. The van der Waals surface area contributed by atoms with Gasteiger partial charge in [0.25, 0.3) is 5.91 Å². The van der Waals surface area contributed by atoms with Crippen molar-refractivity contribution in [2.24, 2.45) is 5.10 Å². The smallest absolute Gasteiger partial charge is 0.266 e. The lowest BCUT2D eigenvalue weighted by molar-refractivity contribution is 0.0959. The molecule has 6 heteroatoms. The van der Waals surface area contributed by atoms with Crippen LogP contribution in [0.15, 0.2) is 41.8 Å². The zero-order chi connectivity index (χ0) is 13.0. The van der Waals surface area contributed by atoms with Gasteiger partial charge in [-0.3, -0.25) is 9.78 Å². The molecule has 0 radical (unpaired) electrons. The van der Waals surface area contributed by atoms with Gasteiger partial charge in [0, 0.05) is 18.0 Å². The van der Waals surface area contributed by atoms with E-state index in [0.717, 1.165) is 5.56 Å². The zero-order valence-electron chi connectivity index (χ0n) is 9.55. The molecule has 0 bridgehead atoms. The maximum atomic E-state index is 11.7. The van der Waals surface area contributed by atoms with Gasteiger partial charge >= 0.3 is 0 Å². The SMILES string of the molecule is C/C(=N/NC(=O)c1ccc(Cl)s1)c1ccncc1. The summed E-state index contributed by atoms with van der Waals surface area (Å²) in [6.07, 6.45) is 3.35. The third-order valence-electron chi connectivity index (χ3n) is 2.22. The van der Waals surface area contributed by atoms with E-state index in [9.17, 15) is 4.79 Å². The Kier molecular flexibility index (Phi) is 4.07. The highest BCUT2D eigenvalue weighted by molar-refractivity contribution is 7.17. The molecule has 0 atom stereocenters. The van der Waals surface area contributed by atoms with Crippen LogP contribution in [0.4, 0.5) is 0 Å². The predicted molar refractivity (Wildman–Crippen MR) is 73.2 cm³/mol. The molecule has 0 aromatic carbocycles. The first-order valence-corrected chi connectivity index (χ1v) is 6.36. The minimum absolute atomic E-state index is 0.264. The number of hydrazone groups is 1. The lowest BCUT2D eigenvalue weighted by Gasteiger charge is -2.00. The molecule has 0 aliphatic heterocycles. The van der Waals surface area contributed by atoms with E-state index in [2.05, 4.69) is 15.5 Å². The number of rotatable bonds is 3. The number of carbonyl (C=O) groups is 1. The van der Waals surface area contributed by atoms with Crippen molar-refractivity contribution in [3.05, 3.63) is 51.4 Å². The van der Waals surface area contributed by atoms with Crippen molar-refractivity contribution in [1.82, 2.24) is 10.4 Å². The van der Waals surface area contributed by atoms with E-state index in [1.807, 2.05) is 19.1 Å². The molecule has 0 aliphatic rings. The maximum Gasteiger partial charge on any atom is 0.281 e. The van der Waals surface area contributed by atoms with Crippen LogP contribution in [0, 0.1) is 0 Å². The number of pyridine rings is 1. The topological polar surface area (TPSA) is 54.4 Å². The highest BCUT2D eigenvalue weighted by Gasteiger charge is 2.07. The number of hydrogen-bond acceptors (Lipinski definition) is 4. The summed E-state index contributed by atoms with van der Waals surface area (Å²) < 4.78 is 0.579. The van der Waals surface area contributed by atoms with Gasteiger partial charge in [-0.15, -0.1) is 11.3 Å². The molecule has 1 N–H and O–H groups in total. The summed E-state index contributed by atoms with van der Waals surface area (Å²) in [4.78, 5) is 16.2. The van der Waals surface area contributed by atoms with E-state index in [4.69, 9.17) is 11.6 Å². The standard InChI is InChI=1S/C12H10ClN3OS/c1-8(9-4-6-14-7-5-9)15-16-12(17)10-2-3-11(13)18-10/h2-7H,1H3,(H,16,17)/b15-8-. The van der Waals surface area contributed by atoms with Crippen LogP contribution in [0.1, 0.15) is 22.2 Å². The van der Waals surface area contributed by atoms with Crippen LogP contribution in [-0.2, 0) is 0 Å². The summed E-state index contributed by atoms with van der Waals surface area (Å²) >= 11 is 6.98. The van der Waals surface area contributed by atoms with Crippen LogP contribution in [0.3, 0.4) is 0 Å². The van der Waals surface area contributed by atoms with Gasteiger partial charge in [0.1, 0.15) is 0 Å². The van der Waals surface area contributed by atoms with Gasteiger partial charge in [0.2, 0.25) is 0 Å². The second-order valence-corrected chi connectivity index (χ2v) is 5.19. The second-order valence-electron chi connectivity index (χ2n) is 3.48. The van der Waals surface area contributed by atoms with E-state index in [1.54, 1.807) is 24.5 Å². The molecule has 0 saturated carbocycles. The average molecular weight is 280 g/mol. The van der Waals surface area contributed by atoms with Crippen molar-refractivity contribution < 1.29 is 4.79 Å². The number of hydrogen-bond donors (Lipinski definition) is 1. The fourth-order valence-corrected chi connectivity index (χ4v) is 2.22. The van der Waals surface area contributed by atoms with Crippen LogP contribution >= 0.6 is 22.9 Å². The number of halogens is 1. The molecule has 0 spiro atoms. The van der Waals surface area contributed by atoms with Crippen molar-refractivity contribution in [3.63, 3.8) is 0 Å². The van der Waals surface area contributed by atoms with Crippen molar-refractivity contribution >= 4 is 34.6 Å². The first-order valence-electron chi connectivity index (χ1n) is 5.17. The highest BCUT2D eigenvalue weighted by atomic mass is 35.5. The van der Waals surface area contributed by atoms with E-state index in [0.29, 0.717) is 14.9 Å². The lowest BCUT2D eigenvalue weighted by Crippen LogP contribution is -2.18. The molecule has 2 aromatic heterocycles. The molecule has 0 saturated heterocycles. The number of thiophene rings is 1. The Balaban J connectivity index is 2.05. The quantitative estimate of drug-likeness (QED) is 0.694. The summed E-state index contributed by atoms with van der Waals surface area (Å²) in [6.45, 7) is 1.82. The van der Waals surface area contributed by atoms with Crippen LogP contribution < -0.4 is 5.43 Å². The third kappa shape index (κ3) is 3.15. The van der Waals surface area contributed by atoms with Crippen LogP contribution in [0.25, 0.3) is 0 Å². The summed E-state index contributed by atoms with van der Waals surface area (Å²) in [5.74, 6) is -0.264. The number of amides is 1. The van der Waals surface area contributed by atoms with E-state index >= 15 is 0 Å². The molecule has 0 fully saturated rings.